The largest absolute Gasteiger partial charge is 0.382 e. The van der Waals surface area contributed by atoms with Crippen LogP contribution in [0.25, 0.3) is 0 Å². The molecular weight excluding hydrogens is 206 g/mol. The van der Waals surface area contributed by atoms with Crippen LogP contribution in [0.5, 0.6) is 0 Å². The monoisotopic (exact) mass is 221 g/mol. The molecule has 1 saturated heterocycles. The summed E-state index contributed by atoms with van der Waals surface area (Å²) in [6.07, 6.45) is 1.76. The second-order valence-electron chi connectivity index (χ2n) is 3.87. The molecule has 1 aromatic heterocycles. The minimum atomic E-state index is -0.984. The lowest BCUT2D eigenvalue weighted by Crippen LogP contribution is -2.45. The Labute approximate surface area is 94.1 Å². The third-order valence-corrected chi connectivity index (χ3v) is 2.60. The Kier molecular flexibility index (Phi) is 3.48. The average Bonchev–Trinajstić information content (AvgIpc) is 2.24. The van der Waals surface area contributed by atoms with Crippen LogP contribution in [-0.2, 0) is 4.79 Å². The molecule has 1 atom stereocenters. The maximum atomic E-state index is 11.6. The van der Waals surface area contributed by atoms with Crippen LogP contribution >= 0.6 is 0 Å². The molecule has 2 heterocycles. The van der Waals surface area contributed by atoms with Crippen LogP contribution < -0.4 is 5.32 Å². The highest BCUT2D eigenvalue weighted by molar-refractivity contribution is 5.93. The molecule has 5 nitrogen and oxygen atoms in total. The minimum Gasteiger partial charge on any atom is -0.382 e. The van der Waals surface area contributed by atoms with Gasteiger partial charge >= 0.3 is 0 Å². The quantitative estimate of drug-likeness (QED) is 0.756. The fourth-order valence-electron chi connectivity index (χ4n) is 1.54. The van der Waals surface area contributed by atoms with Crippen molar-refractivity contribution in [3.05, 3.63) is 24.4 Å². The van der Waals surface area contributed by atoms with Crippen LogP contribution in [0, 0.1) is 0 Å². The van der Waals surface area contributed by atoms with Crippen molar-refractivity contribution in [2.45, 2.75) is 12.5 Å². The summed E-state index contributed by atoms with van der Waals surface area (Å²) in [4.78, 5) is 17.6. The summed E-state index contributed by atoms with van der Waals surface area (Å²) in [6, 6.07) is 5.24. The van der Waals surface area contributed by atoms with Crippen molar-refractivity contribution in [3.63, 3.8) is 0 Å². The van der Waals surface area contributed by atoms with Crippen LogP contribution in [-0.4, -0.2) is 46.6 Å². The van der Waals surface area contributed by atoms with Crippen LogP contribution in [0.1, 0.15) is 6.42 Å². The molecule has 1 aromatic rings. The van der Waals surface area contributed by atoms with Crippen molar-refractivity contribution in [2.24, 2.45) is 0 Å². The first-order valence-electron chi connectivity index (χ1n) is 5.38. The zero-order chi connectivity index (χ0) is 11.4. The van der Waals surface area contributed by atoms with E-state index in [9.17, 15) is 9.90 Å². The highest BCUT2D eigenvalue weighted by Crippen LogP contribution is 2.07. The normalized spacial score (nSPS) is 17.6. The van der Waals surface area contributed by atoms with E-state index in [1.807, 2.05) is 4.90 Å². The third-order valence-electron chi connectivity index (χ3n) is 2.60. The third kappa shape index (κ3) is 2.77. The number of likely N-dealkylation sites (tertiary alicyclic amines) is 1. The van der Waals surface area contributed by atoms with E-state index in [4.69, 9.17) is 0 Å². The summed E-state index contributed by atoms with van der Waals surface area (Å²) in [7, 11) is 0. The Balaban J connectivity index is 1.82. The van der Waals surface area contributed by atoms with E-state index < -0.39 is 12.0 Å². The smallest absolute Gasteiger partial charge is 0.255 e. The molecule has 0 aromatic carbocycles. The Morgan fingerprint density at radius 1 is 1.56 bits per heavy atom. The van der Waals surface area contributed by atoms with E-state index in [1.165, 1.54) is 0 Å². The van der Waals surface area contributed by atoms with Gasteiger partial charge in [0.15, 0.2) is 0 Å². The number of hydrogen-bond donors (Lipinski definition) is 2. The molecule has 0 aliphatic carbocycles. The molecule has 1 fully saturated rings. The highest BCUT2D eigenvalue weighted by Gasteiger charge is 2.22. The van der Waals surface area contributed by atoms with Crippen molar-refractivity contribution in [1.82, 2.24) is 9.88 Å². The van der Waals surface area contributed by atoms with Crippen molar-refractivity contribution in [3.8, 4) is 0 Å². The number of pyridine rings is 1. The summed E-state index contributed by atoms with van der Waals surface area (Å²) in [5, 5.41) is 12.2. The topological polar surface area (TPSA) is 65.5 Å². The predicted octanol–water partition coefficient (Wildman–Crippen LogP) is 0.0867. The lowest BCUT2D eigenvalue weighted by atomic mass is 10.2. The van der Waals surface area contributed by atoms with Crippen molar-refractivity contribution in [1.29, 1.82) is 0 Å². The van der Waals surface area contributed by atoms with Gasteiger partial charge in [0.25, 0.3) is 5.91 Å². The molecule has 2 rings (SSSR count). The van der Waals surface area contributed by atoms with Gasteiger partial charge in [-0.05, 0) is 31.6 Å². The summed E-state index contributed by atoms with van der Waals surface area (Å²) >= 11 is 0. The average molecular weight is 221 g/mol. The number of β-amino-alcohol motifs (C(OH)–C–C–N with tert-alkyl or cyclic N) is 1. The second kappa shape index (κ2) is 5.05. The first-order chi connectivity index (χ1) is 7.75. The number of anilines is 1. The van der Waals surface area contributed by atoms with Gasteiger partial charge in [-0.15, -0.1) is 0 Å². The molecule has 0 spiro atoms. The number of hydrogen-bond acceptors (Lipinski definition) is 4. The molecule has 0 bridgehead atoms. The summed E-state index contributed by atoms with van der Waals surface area (Å²) in [5.74, 6) is 0.0701. The van der Waals surface area contributed by atoms with E-state index in [2.05, 4.69) is 10.3 Å². The zero-order valence-electron chi connectivity index (χ0n) is 8.97. The molecule has 1 aliphatic heterocycles. The molecule has 86 valence electrons. The molecule has 0 saturated carbocycles. The zero-order valence-corrected chi connectivity index (χ0v) is 8.97. The van der Waals surface area contributed by atoms with E-state index >= 15 is 0 Å². The number of rotatable bonds is 4. The molecular formula is C11H15N3O2. The van der Waals surface area contributed by atoms with Crippen molar-refractivity contribution < 1.29 is 9.90 Å². The van der Waals surface area contributed by atoms with Crippen molar-refractivity contribution in [2.75, 3.05) is 25.0 Å². The van der Waals surface area contributed by atoms with Gasteiger partial charge in [0, 0.05) is 12.7 Å². The van der Waals surface area contributed by atoms with E-state index in [1.54, 1.807) is 24.4 Å². The second-order valence-corrected chi connectivity index (χ2v) is 3.87. The molecule has 1 unspecified atom stereocenters. The summed E-state index contributed by atoms with van der Waals surface area (Å²) in [6.45, 7) is 2.33. The SMILES string of the molecule is O=C(Nc1ccccn1)C(O)CN1CCC1. The van der Waals surface area contributed by atoms with Gasteiger partial charge in [-0.25, -0.2) is 4.98 Å². The summed E-state index contributed by atoms with van der Waals surface area (Å²) in [5.41, 5.74) is 0. The first kappa shape index (κ1) is 11.0. The van der Waals surface area contributed by atoms with Crippen LogP contribution in [0.2, 0.25) is 0 Å². The fraction of sp³-hybridized carbons (Fsp3) is 0.455. The Hall–Kier alpha value is -1.46. The molecule has 1 amide bonds. The molecule has 1 aliphatic rings. The van der Waals surface area contributed by atoms with E-state index in [0.717, 1.165) is 19.5 Å². The van der Waals surface area contributed by atoms with Gasteiger partial charge in [0.2, 0.25) is 0 Å². The van der Waals surface area contributed by atoms with Crippen LogP contribution in [0.4, 0.5) is 5.82 Å². The maximum absolute atomic E-state index is 11.6. The predicted molar refractivity (Wildman–Crippen MR) is 59.9 cm³/mol. The number of carbonyl (C=O) groups is 1. The number of amides is 1. The minimum absolute atomic E-state index is 0.398. The number of aliphatic hydroxyl groups is 1. The molecule has 0 radical (unpaired) electrons. The lowest BCUT2D eigenvalue weighted by Gasteiger charge is -2.31. The number of nitrogens with zero attached hydrogens (tertiary/aromatic N) is 2. The molecule has 16 heavy (non-hydrogen) atoms. The van der Waals surface area contributed by atoms with Gasteiger partial charge < -0.3 is 15.3 Å². The highest BCUT2D eigenvalue weighted by atomic mass is 16.3. The Bertz CT molecular complexity index is 352. The van der Waals surface area contributed by atoms with Gasteiger partial charge in [0.05, 0.1) is 0 Å². The van der Waals surface area contributed by atoms with Crippen molar-refractivity contribution >= 4 is 11.7 Å². The lowest BCUT2D eigenvalue weighted by molar-refractivity contribution is -0.125. The number of aliphatic hydroxyl groups excluding tert-OH is 1. The molecule has 5 heteroatoms. The standard InChI is InChI=1S/C11H15N3O2/c15-9(8-14-6-3-7-14)11(16)13-10-4-1-2-5-12-10/h1-2,4-5,9,15H,3,6-8H2,(H,12,13,16). The van der Waals surface area contributed by atoms with Crippen LogP contribution in [0.3, 0.4) is 0 Å². The van der Waals surface area contributed by atoms with E-state index in [0.29, 0.717) is 12.4 Å². The number of carbonyl (C=O) groups excluding carboxylic acids is 1. The van der Waals surface area contributed by atoms with Gasteiger partial charge in [-0.3, -0.25) is 4.79 Å². The van der Waals surface area contributed by atoms with Crippen LogP contribution in [0.15, 0.2) is 24.4 Å². The molecule has 2 N–H and O–H groups in total. The Morgan fingerprint density at radius 3 is 2.94 bits per heavy atom. The Morgan fingerprint density at radius 2 is 2.38 bits per heavy atom. The first-order valence-corrected chi connectivity index (χ1v) is 5.38. The van der Waals surface area contributed by atoms with Gasteiger partial charge in [-0.1, -0.05) is 6.07 Å². The maximum Gasteiger partial charge on any atom is 0.255 e. The van der Waals surface area contributed by atoms with Gasteiger partial charge in [0.1, 0.15) is 11.9 Å². The van der Waals surface area contributed by atoms with Gasteiger partial charge in [-0.2, -0.15) is 0 Å². The number of nitrogens with one attached hydrogen (secondary N) is 1. The summed E-state index contributed by atoms with van der Waals surface area (Å²) < 4.78 is 0. The number of aromatic nitrogens is 1. The fourth-order valence-corrected chi connectivity index (χ4v) is 1.54. The van der Waals surface area contributed by atoms with E-state index in [-0.39, 0.29) is 0 Å².